The number of ether oxygens (including phenoxy) is 1. The first kappa shape index (κ1) is 16.1. The lowest BCUT2D eigenvalue weighted by molar-refractivity contribution is 0.110. The Labute approximate surface area is 149 Å². The van der Waals surface area contributed by atoms with E-state index < -0.39 is 0 Å². The Morgan fingerprint density at radius 1 is 1.16 bits per heavy atom. The number of hydrogen-bond donors (Lipinski definition) is 0. The van der Waals surface area contributed by atoms with Crippen LogP contribution in [0.4, 0.5) is 10.1 Å². The summed E-state index contributed by atoms with van der Waals surface area (Å²) in [5.41, 5.74) is 2.58. The zero-order chi connectivity index (χ0) is 17.2. The van der Waals surface area contributed by atoms with Crippen molar-refractivity contribution in [3.63, 3.8) is 0 Å². The summed E-state index contributed by atoms with van der Waals surface area (Å²) in [6.07, 6.45) is 1.53. The molecule has 0 saturated carbocycles. The summed E-state index contributed by atoms with van der Waals surface area (Å²) < 4.78 is 20.7. The Morgan fingerprint density at radius 3 is 2.76 bits per heavy atom. The summed E-state index contributed by atoms with van der Waals surface area (Å²) in [5.74, 6) is -0.258. The molecule has 2 aromatic carbocycles. The largest absolute Gasteiger partial charge is 0.350 e. The van der Waals surface area contributed by atoms with E-state index in [0.29, 0.717) is 30.4 Å². The zero-order valence-corrected chi connectivity index (χ0v) is 14.1. The average molecular weight is 359 g/mol. The topological polar surface area (TPSA) is 43.2 Å². The Balaban J connectivity index is 1.54. The minimum absolute atomic E-state index is 0.258. The van der Waals surface area contributed by atoms with Crippen molar-refractivity contribution >= 4 is 17.3 Å². The van der Waals surface area contributed by atoms with Gasteiger partial charge in [0.05, 0.1) is 19.3 Å². The number of anilines is 1. The maximum atomic E-state index is 13.2. The van der Waals surface area contributed by atoms with Crippen LogP contribution in [-0.4, -0.2) is 28.1 Å². The number of rotatable bonds is 4. The second kappa shape index (κ2) is 6.82. The molecule has 0 spiro atoms. The van der Waals surface area contributed by atoms with Gasteiger partial charge in [-0.05, 0) is 35.9 Å². The first-order chi connectivity index (χ1) is 12.2. The summed E-state index contributed by atoms with van der Waals surface area (Å²) in [5, 5.41) is 9.13. The molecular weight excluding hydrogens is 343 g/mol. The predicted molar refractivity (Wildman–Crippen MR) is 93.0 cm³/mol. The molecular formula is C18H16ClFN4O. The molecule has 2 heterocycles. The van der Waals surface area contributed by atoms with Gasteiger partial charge in [-0.25, -0.2) is 9.07 Å². The smallest absolute Gasteiger partial charge is 0.177 e. The Kier molecular flexibility index (Phi) is 4.38. The van der Waals surface area contributed by atoms with Crippen LogP contribution in [0.15, 0.2) is 54.7 Å². The molecule has 1 saturated heterocycles. The lowest BCUT2D eigenvalue weighted by Crippen LogP contribution is -2.23. The number of nitrogens with zero attached hydrogens (tertiary/aromatic N) is 4. The van der Waals surface area contributed by atoms with Gasteiger partial charge >= 0.3 is 0 Å². The third-order valence-electron chi connectivity index (χ3n) is 4.15. The summed E-state index contributed by atoms with van der Waals surface area (Å²) in [6.45, 7) is 1.84. The number of benzene rings is 2. The SMILES string of the molecule is Fc1ccc(N2CCOC2c2cn(Cc3ccccc3Cl)nn2)cc1. The molecule has 1 atom stereocenters. The molecule has 0 bridgehead atoms. The minimum atomic E-state index is -0.328. The van der Waals surface area contributed by atoms with Gasteiger partial charge in [0.1, 0.15) is 11.5 Å². The monoisotopic (exact) mass is 358 g/mol. The molecule has 5 nitrogen and oxygen atoms in total. The van der Waals surface area contributed by atoms with Crippen molar-refractivity contribution in [1.82, 2.24) is 15.0 Å². The Hall–Kier alpha value is -2.44. The van der Waals surface area contributed by atoms with E-state index in [4.69, 9.17) is 16.3 Å². The molecule has 0 radical (unpaired) electrons. The van der Waals surface area contributed by atoms with Crippen molar-refractivity contribution in [2.24, 2.45) is 0 Å². The van der Waals surface area contributed by atoms with E-state index in [0.717, 1.165) is 11.3 Å². The molecule has 4 rings (SSSR count). The maximum Gasteiger partial charge on any atom is 0.177 e. The number of aromatic nitrogens is 3. The van der Waals surface area contributed by atoms with Crippen LogP contribution in [-0.2, 0) is 11.3 Å². The summed E-state index contributed by atoms with van der Waals surface area (Å²) in [4.78, 5) is 2.04. The first-order valence-corrected chi connectivity index (χ1v) is 8.36. The van der Waals surface area contributed by atoms with Crippen molar-refractivity contribution in [3.8, 4) is 0 Å². The van der Waals surface area contributed by atoms with Crippen LogP contribution in [0.2, 0.25) is 5.02 Å². The fourth-order valence-electron chi connectivity index (χ4n) is 2.92. The molecule has 1 aliphatic heterocycles. The molecule has 0 aliphatic carbocycles. The fraction of sp³-hybridized carbons (Fsp3) is 0.222. The van der Waals surface area contributed by atoms with Crippen LogP contribution in [0, 0.1) is 5.82 Å². The molecule has 1 aliphatic rings. The highest BCUT2D eigenvalue weighted by Crippen LogP contribution is 2.31. The van der Waals surface area contributed by atoms with Crippen LogP contribution in [0.1, 0.15) is 17.5 Å². The normalized spacial score (nSPS) is 17.2. The highest BCUT2D eigenvalue weighted by molar-refractivity contribution is 6.31. The van der Waals surface area contributed by atoms with Crippen molar-refractivity contribution in [1.29, 1.82) is 0 Å². The van der Waals surface area contributed by atoms with E-state index in [1.165, 1.54) is 12.1 Å². The molecule has 128 valence electrons. The standard InChI is InChI=1S/C18H16ClFN4O/c19-16-4-2-1-3-13(16)11-23-12-17(21-22-23)18-24(9-10-25-18)15-7-5-14(20)6-8-15/h1-8,12,18H,9-11H2. The van der Waals surface area contributed by atoms with Gasteiger partial charge in [-0.3, -0.25) is 0 Å². The quantitative estimate of drug-likeness (QED) is 0.714. The van der Waals surface area contributed by atoms with E-state index in [2.05, 4.69) is 10.3 Å². The Morgan fingerprint density at radius 2 is 1.96 bits per heavy atom. The summed E-state index contributed by atoms with van der Waals surface area (Å²) in [6, 6.07) is 14.0. The summed E-state index contributed by atoms with van der Waals surface area (Å²) >= 11 is 6.20. The second-order valence-corrected chi connectivity index (χ2v) is 6.23. The van der Waals surface area contributed by atoms with Gasteiger partial charge in [0.25, 0.3) is 0 Å². The number of hydrogen-bond acceptors (Lipinski definition) is 4. The van der Waals surface area contributed by atoms with Crippen molar-refractivity contribution in [2.45, 2.75) is 12.8 Å². The lowest BCUT2D eigenvalue weighted by atomic mass is 10.2. The van der Waals surface area contributed by atoms with Crippen LogP contribution >= 0.6 is 11.6 Å². The molecule has 7 heteroatoms. The fourth-order valence-corrected chi connectivity index (χ4v) is 3.11. The third-order valence-corrected chi connectivity index (χ3v) is 4.52. The number of halogens is 2. The van der Waals surface area contributed by atoms with Gasteiger partial charge in [-0.15, -0.1) is 5.10 Å². The molecule has 1 unspecified atom stereocenters. The lowest BCUT2D eigenvalue weighted by Gasteiger charge is -2.23. The molecule has 3 aromatic rings. The van der Waals surface area contributed by atoms with Gasteiger partial charge in [-0.2, -0.15) is 0 Å². The molecule has 1 aromatic heterocycles. The van der Waals surface area contributed by atoms with Crippen LogP contribution in [0.3, 0.4) is 0 Å². The first-order valence-electron chi connectivity index (χ1n) is 7.98. The predicted octanol–water partition coefficient (Wildman–Crippen LogP) is 3.65. The minimum Gasteiger partial charge on any atom is -0.350 e. The van der Waals surface area contributed by atoms with Gasteiger partial charge in [0.15, 0.2) is 6.23 Å². The van der Waals surface area contributed by atoms with Crippen LogP contribution < -0.4 is 4.90 Å². The molecule has 25 heavy (non-hydrogen) atoms. The molecule has 0 N–H and O–H groups in total. The highest BCUT2D eigenvalue weighted by atomic mass is 35.5. The van der Waals surface area contributed by atoms with E-state index >= 15 is 0 Å². The van der Waals surface area contributed by atoms with Crippen LogP contribution in [0.5, 0.6) is 0 Å². The van der Waals surface area contributed by atoms with E-state index in [1.54, 1.807) is 16.8 Å². The Bertz CT molecular complexity index is 868. The van der Waals surface area contributed by atoms with Gasteiger partial charge in [0.2, 0.25) is 0 Å². The van der Waals surface area contributed by atoms with E-state index in [9.17, 15) is 4.39 Å². The maximum absolute atomic E-state index is 13.2. The highest BCUT2D eigenvalue weighted by Gasteiger charge is 2.29. The van der Waals surface area contributed by atoms with E-state index in [-0.39, 0.29) is 12.0 Å². The summed E-state index contributed by atoms with van der Waals surface area (Å²) in [7, 11) is 0. The van der Waals surface area contributed by atoms with Gasteiger partial charge in [0, 0.05) is 17.3 Å². The molecule has 1 fully saturated rings. The van der Waals surface area contributed by atoms with Gasteiger partial charge < -0.3 is 9.64 Å². The average Bonchev–Trinajstić information content (AvgIpc) is 3.27. The zero-order valence-electron chi connectivity index (χ0n) is 13.3. The second-order valence-electron chi connectivity index (χ2n) is 5.83. The van der Waals surface area contributed by atoms with Crippen LogP contribution in [0.25, 0.3) is 0 Å². The van der Waals surface area contributed by atoms with Crippen molar-refractivity contribution in [2.75, 3.05) is 18.1 Å². The van der Waals surface area contributed by atoms with Crippen molar-refractivity contribution in [3.05, 3.63) is 76.8 Å². The third kappa shape index (κ3) is 3.36. The van der Waals surface area contributed by atoms with E-state index in [1.807, 2.05) is 35.4 Å². The van der Waals surface area contributed by atoms with Gasteiger partial charge in [-0.1, -0.05) is 35.0 Å². The van der Waals surface area contributed by atoms with Crippen molar-refractivity contribution < 1.29 is 9.13 Å². The molecule has 0 amide bonds.